The van der Waals surface area contributed by atoms with Crippen LogP contribution in [0.1, 0.15) is 51.6 Å². The van der Waals surface area contributed by atoms with Gasteiger partial charge in [-0.15, -0.1) is 0 Å². The molecule has 0 unspecified atom stereocenters. The molecule has 1 saturated heterocycles. The smallest absolute Gasteiger partial charge is 0.255 e. The summed E-state index contributed by atoms with van der Waals surface area (Å²) < 4.78 is 11.3. The molecule has 1 saturated carbocycles. The van der Waals surface area contributed by atoms with Crippen molar-refractivity contribution < 1.29 is 24.2 Å². The normalized spacial score (nSPS) is 19.1. The lowest BCUT2D eigenvalue weighted by Gasteiger charge is -2.36. The van der Waals surface area contributed by atoms with Crippen LogP contribution in [-0.2, 0) is 17.6 Å². The molecular formula is C28H35N3O5. The maximum absolute atomic E-state index is 13.2. The van der Waals surface area contributed by atoms with Crippen molar-refractivity contribution in [2.45, 2.75) is 50.3 Å². The van der Waals surface area contributed by atoms with E-state index in [-0.39, 0.29) is 23.9 Å². The minimum Gasteiger partial charge on any atom is -0.493 e. The lowest BCUT2D eigenvalue weighted by atomic mass is 10.1. The van der Waals surface area contributed by atoms with Gasteiger partial charge in [0, 0.05) is 31.2 Å². The second-order valence-electron chi connectivity index (χ2n) is 10.0. The molecule has 2 aromatic rings. The Morgan fingerprint density at radius 1 is 1.17 bits per heavy atom. The SMILES string of the molecule is CCOc1cc(C(=O)N2CCOCC23CC3)ccc1C(=O)NC[C@@H](O)CNC1Cc2ccccc2C1. The second-order valence-corrected chi connectivity index (χ2v) is 10.0. The number of nitrogens with zero attached hydrogens (tertiary/aromatic N) is 1. The molecule has 2 aromatic carbocycles. The van der Waals surface area contributed by atoms with Crippen LogP contribution >= 0.6 is 0 Å². The number of rotatable bonds is 9. The zero-order chi connectivity index (χ0) is 25.1. The van der Waals surface area contributed by atoms with Crippen LogP contribution in [0.25, 0.3) is 0 Å². The number of nitrogens with one attached hydrogen (secondary N) is 2. The van der Waals surface area contributed by atoms with E-state index in [4.69, 9.17) is 9.47 Å². The van der Waals surface area contributed by atoms with Gasteiger partial charge in [0.2, 0.25) is 0 Å². The van der Waals surface area contributed by atoms with Crippen molar-refractivity contribution in [2.75, 3.05) is 39.5 Å². The van der Waals surface area contributed by atoms with Crippen molar-refractivity contribution in [3.8, 4) is 5.75 Å². The number of morpholine rings is 1. The molecule has 2 fully saturated rings. The summed E-state index contributed by atoms with van der Waals surface area (Å²) in [5, 5.41) is 16.7. The second kappa shape index (κ2) is 10.6. The number of fused-ring (bicyclic) bond motifs is 1. The molecular weight excluding hydrogens is 458 g/mol. The number of aliphatic hydroxyl groups excluding tert-OH is 1. The summed E-state index contributed by atoms with van der Waals surface area (Å²) >= 11 is 0. The van der Waals surface area contributed by atoms with E-state index in [0.29, 0.717) is 55.8 Å². The molecule has 1 heterocycles. The van der Waals surface area contributed by atoms with E-state index < -0.39 is 6.10 Å². The molecule has 3 N–H and O–H groups in total. The summed E-state index contributed by atoms with van der Waals surface area (Å²) in [6, 6.07) is 13.7. The average Bonchev–Trinajstić information content (AvgIpc) is 3.52. The van der Waals surface area contributed by atoms with Crippen LogP contribution in [0.5, 0.6) is 5.75 Å². The molecule has 3 aliphatic rings. The van der Waals surface area contributed by atoms with Crippen molar-refractivity contribution in [1.29, 1.82) is 0 Å². The van der Waals surface area contributed by atoms with Crippen LogP contribution in [0.15, 0.2) is 42.5 Å². The third-order valence-electron chi connectivity index (χ3n) is 7.44. The lowest BCUT2D eigenvalue weighted by Crippen LogP contribution is -2.50. The van der Waals surface area contributed by atoms with Crippen LogP contribution < -0.4 is 15.4 Å². The average molecular weight is 494 g/mol. The quantitative estimate of drug-likeness (QED) is 0.494. The summed E-state index contributed by atoms with van der Waals surface area (Å²) in [6.07, 6.45) is 3.10. The zero-order valence-electron chi connectivity index (χ0n) is 20.8. The Hall–Kier alpha value is -2.94. The van der Waals surface area contributed by atoms with Gasteiger partial charge in [0.15, 0.2) is 0 Å². The van der Waals surface area contributed by atoms with Gasteiger partial charge in [-0.1, -0.05) is 24.3 Å². The van der Waals surface area contributed by atoms with E-state index in [1.54, 1.807) is 18.2 Å². The van der Waals surface area contributed by atoms with Crippen LogP contribution in [-0.4, -0.2) is 79.0 Å². The number of carbonyl (C=O) groups excluding carboxylic acids is 2. The molecule has 5 rings (SSSR count). The van der Waals surface area contributed by atoms with E-state index in [2.05, 4.69) is 34.9 Å². The number of aliphatic hydroxyl groups is 1. The number of carbonyl (C=O) groups is 2. The summed E-state index contributed by atoms with van der Waals surface area (Å²) in [5.74, 6) is -0.0237. The largest absolute Gasteiger partial charge is 0.493 e. The number of ether oxygens (including phenoxy) is 2. The molecule has 1 aliphatic heterocycles. The number of benzene rings is 2. The van der Waals surface area contributed by atoms with Gasteiger partial charge >= 0.3 is 0 Å². The van der Waals surface area contributed by atoms with Crippen molar-refractivity contribution in [1.82, 2.24) is 15.5 Å². The molecule has 1 atom stereocenters. The topological polar surface area (TPSA) is 100 Å². The molecule has 0 aromatic heterocycles. The van der Waals surface area contributed by atoms with Gasteiger partial charge in [-0.2, -0.15) is 0 Å². The van der Waals surface area contributed by atoms with Gasteiger partial charge in [0.05, 0.1) is 37.0 Å². The Morgan fingerprint density at radius 2 is 1.92 bits per heavy atom. The van der Waals surface area contributed by atoms with Gasteiger partial charge in [-0.3, -0.25) is 9.59 Å². The summed E-state index contributed by atoms with van der Waals surface area (Å²) in [7, 11) is 0. The predicted molar refractivity (Wildman–Crippen MR) is 135 cm³/mol. The summed E-state index contributed by atoms with van der Waals surface area (Å²) in [5.41, 5.74) is 3.39. The van der Waals surface area contributed by atoms with Crippen LogP contribution in [0.2, 0.25) is 0 Å². The van der Waals surface area contributed by atoms with Crippen molar-refractivity contribution >= 4 is 11.8 Å². The predicted octanol–water partition coefficient (Wildman–Crippen LogP) is 1.94. The van der Waals surface area contributed by atoms with Crippen molar-refractivity contribution in [3.05, 3.63) is 64.7 Å². The van der Waals surface area contributed by atoms with Crippen LogP contribution in [0.4, 0.5) is 0 Å². The highest BCUT2D eigenvalue weighted by Gasteiger charge is 2.52. The van der Waals surface area contributed by atoms with Gasteiger partial charge in [0.1, 0.15) is 5.75 Å². The fraction of sp³-hybridized carbons (Fsp3) is 0.500. The molecule has 0 radical (unpaired) electrons. The van der Waals surface area contributed by atoms with Crippen molar-refractivity contribution in [3.63, 3.8) is 0 Å². The molecule has 0 bridgehead atoms. The first-order chi connectivity index (χ1) is 17.5. The maximum Gasteiger partial charge on any atom is 0.255 e. The summed E-state index contributed by atoms with van der Waals surface area (Å²) in [4.78, 5) is 28.1. The van der Waals surface area contributed by atoms with Crippen LogP contribution in [0, 0.1) is 0 Å². The molecule has 1 spiro atoms. The van der Waals surface area contributed by atoms with E-state index in [0.717, 1.165) is 25.7 Å². The number of hydrogen-bond acceptors (Lipinski definition) is 6. The van der Waals surface area contributed by atoms with E-state index >= 15 is 0 Å². The lowest BCUT2D eigenvalue weighted by molar-refractivity contribution is -0.0117. The molecule has 8 nitrogen and oxygen atoms in total. The number of hydrogen-bond donors (Lipinski definition) is 3. The molecule has 8 heteroatoms. The van der Waals surface area contributed by atoms with Gasteiger partial charge < -0.3 is 30.1 Å². The Balaban J connectivity index is 1.16. The van der Waals surface area contributed by atoms with Crippen molar-refractivity contribution in [2.24, 2.45) is 0 Å². The molecule has 192 valence electrons. The number of amides is 2. The Bertz CT molecular complexity index is 1090. The van der Waals surface area contributed by atoms with Crippen LogP contribution in [0.3, 0.4) is 0 Å². The van der Waals surface area contributed by atoms with E-state index in [1.165, 1.54) is 11.1 Å². The first kappa shape index (κ1) is 24.7. The highest BCUT2D eigenvalue weighted by molar-refractivity contribution is 6.00. The first-order valence-corrected chi connectivity index (χ1v) is 12.9. The highest BCUT2D eigenvalue weighted by Crippen LogP contribution is 2.44. The third-order valence-corrected chi connectivity index (χ3v) is 7.44. The van der Waals surface area contributed by atoms with Gasteiger partial charge in [-0.05, 0) is 61.9 Å². The third kappa shape index (κ3) is 5.26. The zero-order valence-corrected chi connectivity index (χ0v) is 20.8. The fourth-order valence-corrected chi connectivity index (χ4v) is 5.27. The first-order valence-electron chi connectivity index (χ1n) is 12.9. The minimum absolute atomic E-state index is 0.0562. The Kier molecular flexibility index (Phi) is 7.27. The summed E-state index contributed by atoms with van der Waals surface area (Å²) in [6.45, 7) is 4.42. The monoisotopic (exact) mass is 493 g/mol. The molecule has 2 aliphatic carbocycles. The van der Waals surface area contributed by atoms with E-state index in [9.17, 15) is 14.7 Å². The minimum atomic E-state index is -0.717. The highest BCUT2D eigenvalue weighted by atomic mass is 16.5. The van der Waals surface area contributed by atoms with E-state index in [1.807, 2.05) is 11.8 Å². The molecule has 2 amide bonds. The Morgan fingerprint density at radius 3 is 2.61 bits per heavy atom. The van der Waals surface area contributed by atoms with Gasteiger partial charge in [-0.25, -0.2) is 0 Å². The molecule has 36 heavy (non-hydrogen) atoms. The fourth-order valence-electron chi connectivity index (χ4n) is 5.27. The Labute approximate surface area is 212 Å². The maximum atomic E-state index is 13.2. The van der Waals surface area contributed by atoms with Gasteiger partial charge in [0.25, 0.3) is 11.8 Å². The standard InChI is InChI=1S/C28H35N3O5/c1-2-36-25-15-21(27(34)31-11-12-35-18-28(31)9-10-28)7-8-24(25)26(33)30-17-23(32)16-29-22-13-19-5-3-4-6-20(19)14-22/h3-8,15,22-23,29,32H,2,9-14,16-18H2,1H3,(H,30,33)/t23-/m0/s1.